The van der Waals surface area contributed by atoms with Gasteiger partial charge in [0.15, 0.2) is 0 Å². The molecule has 5 nitrogen and oxygen atoms in total. The Kier molecular flexibility index (Phi) is 3.70. The molecule has 21 heavy (non-hydrogen) atoms. The minimum Gasteiger partial charge on any atom is -0.496 e. The Bertz CT molecular complexity index is 833. The number of methoxy groups -OCH3 is 1. The first-order valence-electron chi connectivity index (χ1n) is 6.33. The molecular weight excluding hydrogens is 334 g/mol. The number of carbonyl (C=O) groups is 1. The number of benzene rings is 2. The van der Waals surface area contributed by atoms with Gasteiger partial charge in [-0.3, -0.25) is 0 Å². The summed E-state index contributed by atoms with van der Waals surface area (Å²) in [5.74, 6) is 0.821. The summed E-state index contributed by atoms with van der Waals surface area (Å²) >= 11 is 3.45. The van der Waals surface area contributed by atoms with Crippen LogP contribution in [0.25, 0.3) is 0 Å². The van der Waals surface area contributed by atoms with Gasteiger partial charge in [-0.05, 0) is 36.4 Å². The minimum absolute atomic E-state index is 0.448. The van der Waals surface area contributed by atoms with E-state index in [1.807, 2.05) is 30.3 Å². The van der Waals surface area contributed by atoms with Crippen molar-refractivity contribution in [1.82, 2.24) is 0 Å². The van der Waals surface area contributed by atoms with Gasteiger partial charge in [0.1, 0.15) is 5.75 Å². The number of nitrogens with one attached hydrogen (secondary N) is 1. The Morgan fingerprint density at radius 1 is 1.14 bits per heavy atom. The first-order valence-corrected chi connectivity index (χ1v) is 7.13. The van der Waals surface area contributed by atoms with Crippen LogP contribution in [0.3, 0.4) is 0 Å². The van der Waals surface area contributed by atoms with Crippen LogP contribution in [0, 0.1) is 0 Å². The monoisotopic (exact) mass is 345 g/mol. The lowest BCUT2D eigenvalue weighted by atomic mass is 10.2. The maximum atomic E-state index is 11.1. The minimum atomic E-state index is -0.448. The SMILES string of the molecule is COc1ccc(Br)cc1CNc1ccc2c(c1)=NC(=O)N=2. The number of ether oxygens (including phenoxy) is 1. The van der Waals surface area contributed by atoms with Gasteiger partial charge in [-0.15, -0.1) is 0 Å². The van der Waals surface area contributed by atoms with Crippen molar-refractivity contribution >= 4 is 27.6 Å². The van der Waals surface area contributed by atoms with E-state index < -0.39 is 6.03 Å². The van der Waals surface area contributed by atoms with E-state index in [0.717, 1.165) is 21.5 Å². The molecule has 0 saturated heterocycles. The molecule has 106 valence electrons. The molecule has 6 heteroatoms. The van der Waals surface area contributed by atoms with Crippen molar-refractivity contribution in [3.63, 3.8) is 0 Å². The Hall–Kier alpha value is -2.21. The van der Waals surface area contributed by atoms with E-state index in [-0.39, 0.29) is 0 Å². The first kappa shape index (κ1) is 13.8. The zero-order valence-electron chi connectivity index (χ0n) is 11.3. The molecular formula is C15H12BrN3O2. The highest BCUT2D eigenvalue weighted by Gasteiger charge is 2.07. The molecule has 1 N–H and O–H groups in total. The normalized spacial score (nSPS) is 12.4. The fourth-order valence-corrected chi connectivity index (χ4v) is 2.54. The quantitative estimate of drug-likeness (QED) is 0.925. The van der Waals surface area contributed by atoms with Crippen LogP contribution in [-0.2, 0) is 6.54 Å². The summed E-state index contributed by atoms with van der Waals surface area (Å²) < 4.78 is 6.33. The number of hydrogen-bond acceptors (Lipinski definition) is 3. The van der Waals surface area contributed by atoms with Crippen molar-refractivity contribution in [2.24, 2.45) is 9.98 Å². The second kappa shape index (κ2) is 5.65. The number of carbonyl (C=O) groups excluding carboxylic acids is 1. The van der Waals surface area contributed by atoms with Gasteiger partial charge in [0.05, 0.1) is 17.8 Å². The average molecular weight is 346 g/mol. The number of urea groups is 1. The largest absolute Gasteiger partial charge is 0.496 e. The van der Waals surface area contributed by atoms with Crippen molar-refractivity contribution in [3.05, 3.63) is 57.1 Å². The molecule has 1 aliphatic rings. The number of hydrogen-bond donors (Lipinski definition) is 1. The summed E-state index contributed by atoms with van der Waals surface area (Å²) in [4.78, 5) is 18.8. The number of anilines is 1. The van der Waals surface area contributed by atoms with E-state index in [1.54, 1.807) is 13.2 Å². The van der Waals surface area contributed by atoms with Crippen molar-refractivity contribution in [1.29, 1.82) is 0 Å². The second-order valence-electron chi connectivity index (χ2n) is 4.52. The summed E-state index contributed by atoms with van der Waals surface area (Å²) in [6.45, 7) is 0.604. The van der Waals surface area contributed by atoms with Gasteiger partial charge in [-0.2, -0.15) is 9.98 Å². The van der Waals surface area contributed by atoms with E-state index in [0.29, 0.717) is 17.3 Å². The summed E-state index contributed by atoms with van der Waals surface area (Å²) in [5.41, 5.74) is 1.91. The summed E-state index contributed by atoms with van der Waals surface area (Å²) in [6.07, 6.45) is 0. The van der Waals surface area contributed by atoms with Gasteiger partial charge in [-0.1, -0.05) is 15.9 Å². The zero-order chi connectivity index (χ0) is 14.8. The van der Waals surface area contributed by atoms with Crippen LogP contribution in [0.5, 0.6) is 5.75 Å². The smallest absolute Gasteiger partial charge is 0.368 e. The van der Waals surface area contributed by atoms with Crippen molar-refractivity contribution in [3.8, 4) is 5.75 Å². The topological polar surface area (TPSA) is 63.0 Å². The Morgan fingerprint density at radius 3 is 2.76 bits per heavy atom. The van der Waals surface area contributed by atoms with E-state index in [4.69, 9.17) is 4.74 Å². The molecule has 2 aromatic rings. The standard InChI is InChI=1S/C15H12BrN3O2/c1-21-14-5-2-10(16)6-9(14)8-17-11-3-4-12-13(7-11)19-15(20)18-12/h2-7,17H,8H2,1H3. The molecule has 1 heterocycles. The molecule has 0 bridgehead atoms. The summed E-state index contributed by atoms with van der Waals surface area (Å²) in [5, 5.41) is 4.51. The third-order valence-electron chi connectivity index (χ3n) is 3.13. The molecule has 0 saturated carbocycles. The lowest BCUT2D eigenvalue weighted by molar-refractivity contribution is 0.256. The Labute approximate surface area is 129 Å². The van der Waals surface area contributed by atoms with Gasteiger partial charge in [0, 0.05) is 22.3 Å². The van der Waals surface area contributed by atoms with E-state index in [1.165, 1.54) is 0 Å². The summed E-state index contributed by atoms with van der Waals surface area (Å²) in [7, 11) is 1.65. The molecule has 2 amide bonds. The lowest BCUT2D eigenvalue weighted by Crippen LogP contribution is -2.21. The highest BCUT2D eigenvalue weighted by molar-refractivity contribution is 9.10. The van der Waals surface area contributed by atoms with Gasteiger partial charge in [0.2, 0.25) is 0 Å². The second-order valence-corrected chi connectivity index (χ2v) is 5.44. The van der Waals surface area contributed by atoms with E-state index >= 15 is 0 Å². The number of nitrogens with zero attached hydrogens (tertiary/aromatic N) is 2. The fourth-order valence-electron chi connectivity index (χ4n) is 2.13. The van der Waals surface area contributed by atoms with Crippen LogP contribution in [0.1, 0.15) is 5.56 Å². The van der Waals surface area contributed by atoms with Gasteiger partial charge in [-0.25, -0.2) is 4.79 Å². The predicted octanol–water partition coefficient (Wildman–Crippen LogP) is 2.44. The third kappa shape index (κ3) is 2.95. The van der Waals surface area contributed by atoms with E-state index in [2.05, 4.69) is 31.2 Å². The fraction of sp³-hybridized carbons (Fsp3) is 0.133. The highest BCUT2D eigenvalue weighted by Crippen LogP contribution is 2.23. The average Bonchev–Trinajstić information content (AvgIpc) is 2.84. The molecule has 0 unspecified atom stereocenters. The molecule has 0 aliphatic carbocycles. The number of fused-ring (bicyclic) bond motifs is 1. The van der Waals surface area contributed by atoms with Crippen LogP contribution in [-0.4, -0.2) is 13.1 Å². The third-order valence-corrected chi connectivity index (χ3v) is 3.63. The molecule has 0 radical (unpaired) electrons. The molecule has 1 aliphatic heterocycles. The van der Waals surface area contributed by atoms with Gasteiger partial charge in [0.25, 0.3) is 0 Å². The molecule has 0 atom stereocenters. The maximum absolute atomic E-state index is 11.1. The maximum Gasteiger partial charge on any atom is 0.368 e. The molecule has 2 aromatic carbocycles. The number of halogens is 1. The van der Waals surface area contributed by atoms with E-state index in [9.17, 15) is 4.79 Å². The molecule has 0 aromatic heterocycles. The van der Waals surface area contributed by atoms with Crippen molar-refractivity contribution in [2.45, 2.75) is 6.54 Å². The van der Waals surface area contributed by atoms with Crippen molar-refractivity contribution in [2.75, 3.05) is 12.4 Å². The van der Waals surface area contributed by atoms with Gasteiger partial charge >= 0.3 is 6.03 Å². The molecule has 0 fully saturated rings. The van der Waals surface area contributed by atoms with Crippen LogP contribution in [0.4, 0.5) is 10.5 Å². The van der Waals surface area contributed by atoms with Crippen LogP contribution in [0.15, 0.2) is 50.9 Å². The Balaban J connectivity index is 1.82. The number of rotatable bonds is 4. The lowest BCUT2D eigenvalue weighted by Gasteiger charge is -2.11. The highest BCUT2D eigenvalue weighted by atomic mass is 79.9. The van der Waals surface area contributed by atoms with Crippen LogP contribution in [0.2, 0.25) is 0 Å². The molecule has 0 spiro atoms. The van der Waals surface area contributed by atoms with Crippen LogP contribution >= 0.6 is 15.9 Å². The van der Waals surface area contributed by atoms with Gasteiger partial charge < -0.3 is 10.1 Å². The number of amides is 2. The summed E-state index contributed by atoms with van der Waals surface area (Å²) in [6, 6.07) is 10.9. The first-order chi connectivity index (χ1) is 10.2. The zero-order valence-corrected chi connectivity index (χ0v) is 12.8. The predicted molar refractivity (Wildman–Crippen MR) is 82.2 cm³/mol. The molecule has 3 rings (SSSR count). The van der Waals surface area contributed by atoms with Crippen LogP contribution < -0.4 is 20.8 Å². The van der Waals surface area contributed by atoms with Crippen molar-refractivity contribution < 1.29 is 9.53 Å². The Morgan fingerprint density at radius 2 is 1.95 bits per heavy atom.